The molecular formula is C16H20BrN3O3. The molecular weight excluding hydrogens is 362 g/mol. The summed E-state index contributed by atoms with van der Waals surface area (Å²) in [6.07, 6.45) is -0.000769. The summed E-state index contributed by atoms with van der Waals surface area (Å²) in [6, 6.07) is 5.96. The fraction of sp³-hybridized carbons (Fsp3) is 0.500. The van der Waals surface area contributed by atoms with Gasteiger partial charge in [0.15, 0.2) is 0 Å². The van der Waals surface area contributed by atoms with Crippen LogP contribution in [0.1, 0.15) is 12.5 Å². The first-order valence-electron chi connectivity index (χ1n) is 7.76. The van der Waals surface area contributed by atoms with Crippen molar-refractivity contribution in [3.05, 3.63) is 28.2 Å². The summed E-state index contributed by atoms with van der Waals surface area (Å²) < 4.78 is 0.972. The summed E-state index contributed by atoms with van der Waals surface area (Å²) in [5.41, 5.74) is 2.19. The lowest BCUT2D eigenvalue weighted by Gasteiger charge is -2.38. The van der Waals surface area contributed by atoms with Gasteiger partial charge in [0.1, 0.15) is 0 Å². The van der Waals surface area contributed by atoms with Crippen LogP contribution in [-0.4, -0.2) is 65.7 Å². The smallest absolute Gasteiger partial charge is 0.407 e. The molecule has 0 unspecified atom stereocenters. The Hall–Kier alpha value is -1.60. The van der Waals surface area contributed by atoms with Crippen LogP contribution in [0.15, 0.2) is 22.7 Å². The molecule has 1 saturated heterocycles. The molecule has 0 radical (unpaired) electrons. The van der Waals surface area contributed by atoms with Crippen molar-refractivity contribution in [3.8, 4) is 0 Å². The molecule has 0 spiro atoms. The fourth-order valence-corrected chi connectivity index (χ4v) is 3.70. The number of hydrogen-bond acceptors (Lipinski definition) is 3. The second kappa shape index (κ2) is 6.49. The number of benzene rings is 1. The third-order valence-electron chi connectivity index (χ3n) is 4.56. The summed E-state index contributed by atoms with van der Waals surface area (Å²) in [6.45, 7) is 4.58. The van der Waals surface area contributed by atoms with E-state index < -0.39 is 6.09 Å². The molecule has 0 aromatic heterocycles. The van der Waals surface area contributed by atoms with Gasteiger partial charge in [0, 0.05) is 42.4 Å². The van der Waals surface area contributed by atoms with E-state index in [9.17, 15) is 9.59 Å². The summed E-state index contributed by atoms with van der Waals surface area (Å²) in [5, 5.41) is 9.11. The first-order valence-corrected chi connectivity index (χ1v) is 8.55. The standard InChI is InChI=1S/C16H20BrN3O3/c1-11-9-18(6-7-19(11)16(22)23)10-15(21)20-5-4-12-2-3-13(17)8-14(12)20/h2-3,8,11H,4-7,9-10H2,1H3,(H,22,23)/t11-/m1/s1. The molecule has 1 aromatic rings. The van der Waals surface area contributed by atoms with Crippen LogP contribution in [-0.2, 0) is 11.2 Å². The highest BCUT2D eigenvalue weighted by molar-refractivity contribution is 9.10. The molecule has 2 aliphatic rings. The molecule has 0 saturated carbocycles. The van der Waals surface area contributed by atoms with Crippen LogP contribution >= 0.6 is 15.9 Å². The minimum atomic E-state index is -0.887. The van der Waals surface area contributed by atoms with Crippen molar-refractivity contribution in [3.63, 3.8) is 0 Å². The van der Waals surface area contributed by atoms with Gasteiger partial charge in [-0.15, -0.1) is 0 Å². The molecule has 1 aromatic carbocycles. The van der Waals surface area contributed by atoms with E-state index in [0.29, 0.717) is 26.2 Å². The van der Waals surface area contributed by atoms with Gasteiger partial charge in [0.25, 0.3) is 0 Å². The Morgan fingerprint density at radius 3 is 2.78 bits per heavy atom. The van der Waals surface area contributed by atoms with Crippen LogP contribution in [0.4, 0.5) is 10.5 Å². The zero-order valence-corrected chi connectivity index (χ0v) is 14.6. The predicted molar refractivity (Wildman–Crippen MR) is 90.8 cm³/mol. The lowest BCUT2D eigenvalue weighted by Crippen LogP contribution is -2.55. The van der Waals surface area contributed by atoms with E-state index in [1.807, 2.05) is 28.9 Å². The van der Waals surface area contributed by atoms with Crippen molar-refractivity contribution in [2.45, 2.75) is 19.4 Å². The molecule has 2 aliphatic heterocycles. The van der Waals surface area contributed by atoms with E-state index in [4.69, 9.17) is 5.11 Å². The van der Waals surface area contributed by atoms with Gasteiger partial charge in [0.2, 0.25) is 5.91 Å². The molecule has 23 heavy (non-hydrogen) atoms. The van der Waals surface area contributed by atoms with Gasteiger partial charge in [-0.1, -0.05) is 22.0 Å². The maximum atomic E-state index is 12.6. The van der Waals surface area contributed by atoms with E-state index in [1.54, 1.807) is 0 Å². The largest absolute Gasteiger partial charge is 0.465 e. The molecule has 1 fully saturated rings. The number of carbonyl (C=O) groups excluding carboxylic acids is 1. The Labute approximate surface area is 143 Å². The molecule has 1 N–H and O–H groups in total. The summed E-state index contributed by atoms with van der Waals surface area (Å²) in [5.74, 6) is 0.0813. The molecule has 3 rings (SSSR count). The monoisotopic (exact) mass is 381 g/mol. The third-order valence-corrected chi connectivity index (χ3v) is 5.05. The SMILES string of the molecule is C[C@@H]1CN(CC(=O)N2CCc3ccc(Br)cc32)CCN1C(=O)O. The number of carbonyl (C=O) groups is 2. The minimum Gasteiger partial charge on any atom is -0.465 e. The topological polar surface area (TPSA) is 64.1 Å². The highest BCUT2D eigenvalue weighted by atomic mass is 79.9. The van der Waals surface area contributed by atoms with Crippen molar-refractivity contribution < 1.29 is 14.7 Å². The van der Waals surface area contributed by atoms with Crippen LogP contribution in [0.5, 0.6) is 0 Å². The van der Waals surface area contributed by atoms with Crippen molar-refractivity contribution in [1.82, 2.24) is 9.80 Å². The number of fused-ring (bicyclic) bond motifs is 1. The number of halogens is 1. The first-order chi connectivity index (χ1) is 11.0. The van der Waals surface area contributed by atoms with E-state index in [0.717, 1.165) is 23.1 Å². The molecule has 6 nitrogen and oxygen atoms in total. The summed E-state index contributed by atoms with van der Waals surface area (Å²) in [4.78, 5) is 29.1. The highest BCUT2D eigenvalue weighted by Gasteiger charge is 2.30. The predicted octanol–water partition coefficient (Wildman–Crippen LogP) is 2.02. The van der Waals surface area contributed by atoms with E-state index in [1.165, 1.54) is 10.5 Å². The lowest BCUT2D eigenvalue weighted by atomic mass is 10.2. The molecule has 0 bridgehead atoms. The van der Waals surface area contributed by atoms with Gasteiger partial charge in [-0.25, -0.2) is 4.79 Å². The Balaban J connectivity index is 1.63. The van der Waals surface area contributed by atoms with Gasteiger partial charge in [-0.3, -0.25) is 9.69 Å². The van der Waals surface area contributed by atoms with Crippen LogP contribution in [0.3, 0.4) is 0 Å². The average Bonchev–Trinajstić information content (AvgIpc) is 2.89. The second-order valence-corrected chi connectivity index (χ2v) is 7.04. The Bertz CT molecular complexity index is 637. The van der Waals surface area contributed by atoms with E-state index >= 15 is 0 Å². The molecule has 124 valence electrons. The number of hydrogen-bond donors (Lipinski definition) is 1. The molecule has 7 heteroatoms. The fourth-order valence-electron chi connectivity index (χ4n) is 3.35. The number of anilines is 1. The van der Waals surface area contributed by atoms with Crippen LogP contribution < -0.4 is 4.90 Å². The number of nitrogens with zero attached hydrogens (tertiary/aromatic N) is 3. The molecule has 2 heterocycles. The van der Waals surface area contributed by atoms with Crippen LogP contribution in [0.2, 0.25) is 0 Å². The zero-order valence-electron chi connectivity index (χ0n) is 13.0. The maximum absolute atomic E-state index is 12.6. The first kappa shape index (κ1) is 16.3. The molecule has 0 aliphatic carbocycles. The third kappa shape index (κ3) is 3.35. The summed E-state index contributed by atoms with van der Waals surface area (Å²) in [7, 11) is 0. The zero-order chi connectivity index (χ0) is 16.6. The molecule has 1 atom stereocenters. The normalized spacial score (nSPS) is 21.4. The maximum Gasteiger partial charge on any atom is 0.407 e. The van der Waals surface area contributed by atoms with Gasteiger partial charge in [-0.2, -0.15) is 0 Å². The Kier molecular flexibility index (Phi) is 4.59. The number of carboxylic acid groups (broad SMARTS) is 1. The van der Waals surface area contributed by atoms with Gasteiger partial charge in [-0.05, 0) is 31.0 Å². The summed E-state index contributed by atoms with van der Waals surface area (Å²) >= 11 is 3.46. The molecule has 2 amide bonds. The van der Waals surface area contributed by atoms with Gasteiger partial charge in [0.05, 0.1) is 6.54 Å². The van der Waals surface area contributed by atoms with Crippen molar-refractivity contribution >= 4 is 33.6 Å². The quantitative estimate of drug-likeness (QED) is 0.850. The number of rotatable bonds is 2. The lowest BCUT2D eigenvalue weighted by molar-refractivity contribution is -0.120. The second-order valence-electron chi connectivity index (χ2n) is 6.13. The highest BCUT2D eigenvalue weighted by Crippen LogP contribution is 2.31. The van der Waals surface area contributed by atoms with Gasteiger partial charge < -0.3 is 14.9 Å². The minimum absolute atomic E-state index is 0.0813. The van der Waals surface area contributed by atoms with Crippen molar-refractivity contribution in [2.75, 3.05) is 37.6 Å². The Morgan fingerprint density at radius 1 is 1.30 bits per heavy atom. The van der Waals surface area contributed by atoms with E-state index in [-0.39, 0.29) is 11.9 Å². The van der Waals surface area contributed by atoms with Gasteiger partial charge >= 0.3 is 6.09 Å². The van der Waals surface area contributed by atoms with E-state index in [2.05, 4.69) is 22.0 Å². The number of piperazine rings is 1. The van der Waals surface area contributed by atoms with Crippen LogP contribution in [0.25, 0.3) is 0 Å². The van der Waals surface area contributed by atoms with Crippen molar-refractivity contribution in [1.29, 1.82) is 0 Å². The van der Waals surface area contributed by atoms with Crippen molar-refractivity contribution in [2.24, 2.45) is 0 Å². The number of amides is 2. The average molecular weight is 382 g/mol. The van der Waals surface area contributed by atoms with Crippen LogP contribution in [0, 0.1) is 0 Å². The Morgan fingerprint density at radius 2 is 2.09 bits per heavy atom.